The van der Waals surface area contributed by atoms with Crippen molar-refractivity contribution >= 4 is 11.4 Å². The molecule has 0 fully saturated rings. The van der Waals surface area contributed by atoms with Crippen LogP contribution in [0.5, 0.6) is 0 Å². The monoisotopic (exact) mass is 424 g/mol. The van der Waals surface area contributed by atoms with Crippen LogP contribution in [-0.4, -0.2) is 32.8 Å². The van der Waals surface area contributed by atoms with Gasteiger partial charge in [0.15, 0.2) is 0 Å². The van der Waals surface area contributed by atoms with E-state index in [4.69, 9.17) is 4.74 Å². The maximum Gasteiger partial charge on any atom is 0.108 e. The molecule has 0 spiro atoms. The summed E-state index contributed by atoms with van der Waals surface area (Å²) in [5.41, 5.74) is 6.42. The number of aryl methyl sites for hydroxylation is 1. The van der Waals surface area contributed by atoms with Crippen LogP contribution >= 0.6 is 0 Å². The second kappa shape index (κ2) is 13.4. The second-order valence-electron chi connectivity index (χ2n) is 8.33. The van der Waals surface area contributed by atoms with Crippen molar-refractivity contribution in [1.29, 1.82) is 0 Å². The molecule has 172 valence electrons. The second-order valence-corrected chi connectivity index (χ2v) is 8.33. The molecule has 0 aromatic heterocycles. The van der Waals surface area contributed by atoms with Crippen LogP contribution in [0, 0.1) is 6.92 Å². The van der Waals surface area contributed by atoms with Gasteiger partial charge in [-0.3, -0.25) is 0 Å². The Morgan fingerprint density at radius 2 is 1.32 bits per heavy atom. The third-order valence-corrected chi connectivity index (χ3v) is 6.12. The molecule has 2 aromatic carbocycles. The highest BCUT2D eigenvalue weighted by molar-refractivity contribution is 5.53. The van der Waals surface area contributed by atoms with Gasteiger partial charge < -0.3 is 14.5 Å². The first kappa shape index (κ1) is 25.3. The molecule has 31 heavy (non-hydrogen) atoms. The SMILES string of the molecule is CCCCN(CCCC)c1ccc(C(OCC)c2ccc(N(CC)CC)cc2)c(C)c1. The standard InChI is InChI=1S/C28H44N2O/c1-7-12-20-30(21-13-8-2)26-18-19-27(23(6)22-26)28(31-11-5)24-14-16-25(17-15-24)29(9-3)10-4/h14-19,22,28H,7-13,20-21H2,1-6H3. The number of anilines is 2. The van der Waals surface area contributed by atoms with Crippen molar-refractivity contribution in [3.05, 3.63) is 59.2 Å². The Bertz CT molecular complexity index is 744. The number of rotatable bonds is 14. The molecule has 2 rings (SSSR count). The minimum absolute atomic E-state index is 0.0236. The average Bonchev–Trinajstić information content (AvgIpc) is 2.79. The van der Waals surface area contributed by atoms with E-state index in [1.165, 1.54) is 53.7 Å². The predicted molar refractivity (Wildman–Crippen MR) is 137 cm³/mol. The van der Waals surface area contributed by atoms with Gasteiger partial charge in [0.05, 0.1) is 0 Å². The fraction of sp³-hybridized carbons (Fsp3) is 0.571. The number of nitrogens with zero attached hydrogens (tertiary/aromatic N) is 2. The molecule has 0 radical (unpaired) electrons. The fourth-order valence-corrected chi connectivity index (χ4v) is 4.20. The highest BCUT2D eigenvalue weighted by Gasteiger charge is 2.18. The average molecular weight is 425 g/mol. The Labute approximate surface area is 191 Å². The van der Waals surface area contributed by atoms with Gasteiger partial charge in [-0.05, 0) is 81.5 Å². The summed E-state index contributed by atoms with van der Waals surface area (Å²) in [6, 6.07) is 15.9. The quantitative estimate of drug-likeness (QED) is 0.315. The van der Waals surface area contributed by atoms with Crippen molar-refractivity contribution in [2.75, 3.05) is 42.6 Å². The van der Waals surface area contributed by atoms with Gasteiger partial charge in [0.2, 0.25) is 0 Å². The Morgan fingerprint density at radius 3 is 1.81 bits per heavy atom. The Hall–Kier alpha value is -2.00. The van der Waals surface area contributed by atoms with E-state index in [2.05, 4.69) is 93.8 Å². The van der Waals surface area contributed by atoms with Crippen LogP contribution in [0.2, 0.25) is 0 Å². The lowest BCUT2D eigenvalue weighted by atomic mass is 9.96. The minimum atomic E-state index is -0.0236. The summed E-state index contributed by atoms with van der Waals surface area (Å²) in [5.74, 6) is 0. The van der Waals surface area contributed by atoms with E-state index >= 15 is 0 Å². The zero-order chi connectivity index (χ0) is 22.6. The Morgan fingerprint density at radius 1 is 0.742 bits per heavy atom. The molecule has 0 amide bonds. The smallest absolute Gasteiger partial charge is 0.108 e. The number of ether oxygens (including phenoxy) is 1. The van der Waals surface area contributed by atoms with Crippen LogP contribution in [0.25, 0.3) is 0 Å². The Kier molecular flexibility index (Phi) is 10.9. The topological polar surface area (TPSA) is 15.7 Å². The highest BCUT2D eigenvalue weighted by atomic mass is 16.5. The van der Waals surface area contributed by atoms with Gasteiger partial charge in [-0.1, -0.05) is 44.9 Å². The normalized spacial score (nSPS) is 12.1. The molecule has 0 saturated carbocycles. The van der Waals surface area contributed by atoms with Crippen molar-refractivity contribution in [2.24, 2.45) is 0 Å². The van der Waals surface area contributed by atoms with E-state index in [0.717, 1.165) is 26.2 Å². The first-order chi connectivity index (χ1) is 15.1. The first-order valence-electron chi connectivity index (χ1n) is 12.4. The molecule has 3 nitrogen and oxygen atoms in total. The van der Waals surface area contributed by atoms with Gasteiger partial charge in [0.1, 0.15) is 6.10 Å². The summed E-state index contributed by atoms with van der Waals surface area (Å²) in [7, 11) is 0. The van der Waals surface area contributed by atoms with Gasteiger partial charge in [0.25, 0.3) is 0 Å². The van der Waals surface area contributed by atoms with Crippen molar-refractivity contribution < 1.29 is 4.74 Å². The summed E-state index contributed by atoms with van der Waals surface area (Å²) in [5, 5.41) is 0. The number of unbranched alkanes of at least 4 members (excludes halogenated alkanes) is 2. The molecule has 0 saturated heterocycles. The molecule has 2 aromatic rings. The minimum Gasteiger partial charge on any atom is -0.372 e. The molecule has 0 aliphatic rings. The van der Waals surface area contributed by atoms with E-state index in [-0.39, 0.29) is 6.10 Å². The lowest BCUT2D eigenvalue weighted by Gasteiger charge is -2.27. The molecular formula is C28H44N2O. The molecule has 1 unspecified atom stereocenters. The summed E-state index contributed by atoms with van der Waals surface area (Å²) in [6.07, 6.45) is 4.92. The highest BCUT2D eigenvalue weighted by Crippen LogP contribution is 2.32. The Balaban J connectivity index is 2.30. The van der Waals surface area contributed by atoms with E-state index in [1.54, 1.807) is 0 Å². The van der Waals surface area contributed by atoms with Crippen LogP contribution in [0.4, 0.5) is 11.4 Å². The maximum atomic E-state index is 6.25. The van der Waals surface area contributed by atoms with Gasteiger partial charge in [-0.2, -0.15) is 0 Å². The van der Waals surface area contributed by atoms with Gasteiger partial charge in [-0.25, -0.2) is 0 Å². The predicted octanol–water partition coefficient (Wildman–Crippen LogP) is 7.37. The van der Waals surface area contributed by atoms with Crippen LogP contribution in [0.1, 0.15) is 83.1 Å². The van der Waals surface area contributed by atoms with Gasteiger partial charge in [0, 0.05) is 44.2 Å². The zero-order valence-corrected chi connectivity index (χ0v) is 20.8. The number of hydrogen-bond donors (Lipinski definition) is 0. The first-order valence-corrected chi connectivity index (χ1v) is 12.4. The molecule has 0 N–H and O–H groups in total. The largest absolute Gasteiger partial charge is 0.372 e. The van der Waals surface area contributed by atoms with Crippen LogP contribution in [0.15, 0.2) is 42.5 Å². The zero-order valence-electron chi connectivity index (χ0n) is 20.8. The lowest BCUT2D eigenvalue weighted by molar-refractivity contribution is 0.0909. The summed E-state index contributed by atoms with van der Waals surface area (Å²) in [4.78, 5) is 4.93. The van der Waals surface area contributed by atoms with Gasteiger partial charge >= 0.3 is 0 Å². The van der Waals surface area contributed by atoms with Gasteiger partial charge in [-0.15, -0.1) is 0 Å². The maximum absolute atomic E-state index is 6.25. The van der Waals surface area contributed by atoms with E-state index in [9.17, 15) is 0 Å². The molecule has 3 heteroatoms. The van der Waals surface area contributed by atoms with E-state index in [0.29, 0.717) is 6.61 Å². The molecular weight excluding hydrogens is 380 g/mol. The summed E-state index contributed by atoms with van der Waals surface area (Å²) in [6.45, 7) is 18.3. The third kappa shape index (κ3) is 7.00. The summed E-state index contributed by atoms with van der Waals surface area (Å²) < 4.78 is 6.25. The fourth-order valence-electron chi connectivity index (χ4n) is 4.20. The van der Waals surface area contributed by atoms with Crippen molar-refractivity contribution in [2.45, 2.75) is 73.3 Å². The molecule has 0 aliphatic heterocycles. The molecule has 1 atom stereocenters. The summed E-state index contributed by atoms with van der Waals surface area (Å²) >= 11 is 0. The van der Waals surface area contributed by atoms with E-state index < -0.39 is 0 Å². The van der Waals surface area contributed by atoms with Crippen LogP contribution in [-0.2, 0) is 4.74 Å². The number of hydrogen-bond acceptors (Lipinski definition) is 3. The van der Waals surface area contributed by atoms with Crippen LogP contribution in [0.3, 0.4) is 0 Å². The van der Waals surface area contributed by atoms with Crippen molar-refractivity contribution in [1.82, 2.24) is 0 Å². The number of benzene rings is 2. The van der Waals surface area contributed by atoms with Crippen molar-refractivity contribution in [3.63, 3.8) is 0 Å². The lowest BCUT2D eigenvalue weighted by Crippen LogP contribution is -2.25. The van der Waals surface area contributed by atoms with Crippen LogP contribution < -0.4 is 9.80 Å². The molecule has 0 aliphatic carbocycles. The molecule has 0 heterocycles. The van der Waals surface area contributed by atoms with E-state index in [1.807, 2.05) is 0 Å². The van der Waals surface area contributed by atoms with Crippen molar-refractivity contribution in [3.8, 4) is 0 Å². The molecule has 0 bridgehead atoms. The third-order valence-electron chi connectivity index (χ3n) is 6.12.